The van der Waals surface area contributed by atoms with Gasteiger partial charge in [-0.05, 0) is 30.5 Å². The first-order chi connectivity index (χ1) is 13.1. The second-order valence-corrected chi connectivity index (χ2v) is 7.30. The number of nitrogens with zero attached hydrogens (tertiary/aromatic N) is 2. The molecule has 1 N–H and O–H groups in total. The highest BCUT2D eigenvalue weighted by Crippen LogP contribution is 2.31. The van der Waals surface area contributed by atoms with E-state index in [9.17, 15) is 27.6 Å². The topological polar surface area (TPSA) is 77.9 Å². The smallest absolute Gasteiger partial charge is 0.416 e. The van der Waals surface area contributed by atoms with E-state index in [0.717, 1.165) is 18.6 Å². The minimum absolute atomic E-state index is 0.00505. The van der Waals surface area contributed by atoms with Gasteiger partial charge in [-0.15, -0.1) is 0 Å². The van der Waals surface area contributed by atoms with Crippen LogP contribution in [-0.4, -0.2) is 51.8 Å². The molecule has 0 saturated carbocycles. The average Bonchev–Trinajstić information content (AvgIpc) is 3.20. The van der Waals surface area contributed by atoms with Crippen LogP contribution in [0, 0.1) is 5.92 Å². The number of rotatable bonds is 5. The highest BCUT2D eigenvalue weighted by molar-refractivity contribution is 5.89. The van der Waals surface area contributed by atoms with Crippen LogP contribution in [0.3, 0.4) is 0 Å². The van der Waals surface area contributed by atoms with Gasteiger partial charge in [0, 0.05) is 32.1 Å². The summed E-state index contributed by atoms with van der Waals surface area (Å²) in [5.74, 6) is -2.10. The highest BCUT2D eigenvalue weighted by atomic mass is 19.4. The largest absolute Gasteiger partial charge is 0.481 e. The molecule has 2 heterocycles. The first-order valence-corrected chi connectivity index (χ1v) is 9.11. The molecule has 2 fully saturated rings. The second kappa shape index (κ2) is 7.81. The Balaban J connectivity index is 1.65. The van der Waals surface area contributed by atoms with Crippen molar-refractivity contribution in [2.45, 2.75) is 44.4 Å². The number of carboxylic acid groups (broad SMARTS) is 1. The Bertz CT molecular complexity index is 781. The molecule has 152 valence electrons. The quantitative estimate of drug-likeness (QED) is 0.827. The van der Waals surface area contributed by atoms with Gasteiger partial charge in [-0.2, -0.15) is 13.2 Å². The Morgan fingerprint density at radius 3 is 2.68 bits per heavy atom. The number of benzene rings is 1. The number of carboxylic acids is 1. The fraction of sp³-hybridized carbons (Fsp3) is 0.526. The van der Waals surface area contributed by atoms with Gasteiger partial charge >= 0.3 is 12.1 Å². The predicted molar refractivity (Wildman–Crippen MR) is 92.0 cm³/mol. The number of hydrogen-bond donors (Lipinski definition) is 1. The van der Waals surface area contributed by atoms with Crippen molar-refractivity contribution in [3.63, 3.8) is 0 Å². The summed E-state index contributed by atoms with van der Waals surface area (Å²) in [5, 5.41) is 8.99. The first-order valence-electron chi connectivity index (χ1n) is 9.11. The van der Waals surface area contributed by atoms with Gasteiger partial charge in [0.1, 0.15) is 0 Å². The minimum atomic E-state index is -4.46. The Hall–Kier alpha value is -2.58. The van der Waals surface area contributed by atoms with Crippen molar-refractivity contribution >= 4 is 17.8 Å². The van der Waals surface area contributed by atoms with Crippen molar-refractivity contribution in [3.05, 3.63) is 35.4 Å². The van der Waals surface area contributed by atoms with Gasteiger partial charge in [-0.3, -0.25) is 14.4 Å². The van der Waals surface area contributed by atoms with E-state index in [1.807, 2.05) is 0 Å². The van der Waals surface area contributed by atoms with Crippen LogP contribution in [0.4, 0.5) is 13.2 Å². The molecule has 1 aromatic rings. The van der Waals surface area contributed by atoms with Crippen molar-refractivity contribution in [1.29, 1.82) is 0 Å². The lowest BCUT2D eigenvalue weighted by atomic mass is 10.1. The minimum Gasteiger partial charge on any atom is -0.481 e. The number of halogens is 3. The highest BCUT2D eigenvalue weighted by Gasteiger charge is 2.40. The molecule has 2 saturated heterocycles. The summed E-state index contributed by atoms with van der Waals surface area (Å²) < 4.78 is 38.6. The molecule has 3 rings (SSSR count). The normalized spacial score (nSPS) is 22.8. The molecule has 0 radical (unpaired) electrons. The number of likely N-dealkylation sites (tertiary alicyclic amines) is 2. The van der Waals surface area contributed by atoms with E-state index >= 15 is 0 Å². The summed E-state index contributed by atoms with van der Waals surface area (Å²) in [4.78, 5) is 39.0. The van der Waals surface area contributed by atoms with Crippen molar-refractivity contribution in [1.82, 2.24) is 9.80 Å². The van der Waals surface area contributed by atoms with Gasteiger partial charge in [0.05, 0.1) is 17.9 Å². The Morgan fingerprint density at radius 1 is 1.25 bits per heavy atom. The van der Waals surface area contributed by atoms with Crippen LogP contribution in [0.25, 0.3) is 0 Å². The fourth-order valence-electron chi connectivity index (χ4n) is 3.93. The molecular weight excluding hydrogens is 377 g/mol. The van der Waals surface area contributed by atoms with Gasteiger partial charge in [0.2, 0.25) is 11.8 Å². The molecule has 1 aromatic carbocycles. The Labute approximate surface area is 159 Å². The summed E-state index contributed by atoms with van der Waals surface area (Å²) in [6.45, 7) is 0.602. The number of alkyl halides is 3. The maximum absolute atomic E-state index is 12.9. The molecule has 0 aliphatic carbocycles. The molecule has 2 aliphatic rings. The van der Waals surface area contributed by atoms with Gasteiger partial charge in [0.15, 0.2) is 0 Å². The number of aliphatic carboxylic acids is 1. The lowest BCUT2D eigenvalue weighted by Crippen LogP contribution is -2.41. The Morgan fingerprint density at radius 2 is 2.00 bits per heavy atom. The van der Waals surface area contributed by atoms with Crippen LogP contribution in [-0.2, 0) is 27.1 Å². The zero-order valence-electron chi connectivity index (χ0n) is 15.1. The van der Waals surface area contributed by atoms with E-state index in [0.29, 0.717) is 18.5 Å². The second-order valence-electron chi connectivity index (χ2n) is 7.30. The summed E-state index contributed by atoms with van der Waals surface area (Å²) in [5.41, 5.74) is -0.431. The molecule has 9 heteroatoms. The van der Waals surface area contributed by atoms with Crippen molar-refractivity contribution < 1.29 is 32.7 Å². The molecule has 28 heavy (non-hydrogen) atoms. The van der Waals surface area contributed by atoms with Crippen LogP contribution < -0.4 is 0 Å². The first kappa shape index (κ1) is 20.2. The lowest BCUT2D eigenvalue weighted by molar-refractivity contribution is -0.141. The van der Waals surface area contributed by atoms with Gasteiger partial charge < -0.3 is 14.9 Å². The van der Waals surface area contributed by atoms with Crippen LogP contribution in [0.5, 0.6) is 0 Å². The summed E-state index contributed by atoms with van der Waals surface area (Å²) >= 11 is 0. The van der Waals surface area contributed by atoms with Crippen LogP contribution in [0.2, 0.25) is 0 Å². The third-order valence-electron chi connectivity index (χ3n) is 5.26. The van der Waals surface area contributed by atoms with Crippen LogP contribution in [0.15, 0.2) is 24.3 Å². The van der Waals surface area contributed by atoms with E-state index in [1.54, 1.807) is 4.90 Å². The number of carbonyl (C=O) groups excluding carboxylic acids is 2. The van der Waals surface area contributed by atoms with Crippen molar-refractivity contribution in [2.24, 2.45) is 5.92 Å². The average molecular weight is 398 g/mol. The SMILES string of the molecule is O=C(O)CC1CCCN1C(=O)C1CC(=O)N(Cc2cccc(C(F)(F)F)c2)C1. The van der Waals surface area contributed by atoms with E-state index in [1.165, 1.54) is 17.0 Å². The number of hydrogen-bond acceptors (Lipinski definition) is 3. The third-order valence-corrected chi connectivity index (χ3v) is 5.26. The van der Waals surface area contributed by atoms with Crippen LogP contribution >= 0.6 is 0 Å². The van der Waals surface area contributed by atoms with Gasteiger partial charge in [-0.25, -0.2) is 0 Å². The summed E-state index contributed by atoms with van der Waals surface area (Å²) in [6, 6.07) is 4.42. The molecular formula is C19H21F3N2O4. The summed E-state index contributed by atoms with van der Waals surface area (Å²) in [6.07, 6.45) is -3.25. The number of amides is 2. The molecule has 2 amide bonds. The molecule has 0 bridgehead atoms. The lowest BCUT2D eigenvalue weighted by Gasteiger charge is -2.26. The summed E-state index contributed by atoms with van der Waals surface area (Å²) in [7, 11) is 0. The third kappa shape index (κ3) is 4.45. The molecule has 2 unspecified atom stereocenters. The molecule has 2 atom stereocenters. The standard InChI is InChI=1S/C19H21F3N2O4/c20-19(21,22)14-4-1-3-12(7-14)10-23-11-13(8-16(23)25)18(28)24-6-2-5-15(24)9-17(26)27/h1,3-4,7,13,15H,2,5-6,8-11H2,(H,26,27). The molecule has 0 spiro atoms. The van der Waals surface area contributed by atoms with Crippen LogP contribution in [0.1, 0.15) is 36.8 Å². The van der Waals surface area contributed by atoms with E-state index < -0.39 is 23.6 Å². The zero-order valence-corrected chi connectivity index (χ0v) is 15.1. The van der Waals surface area contributed by atoms with E-state index in [-0.39, 0.29) is 43.8 Å². The monoisotopic (exact) mass is 398 g/mol. The Kier molecular flexibility index (Phi) is 5.62. The predicted octanol–water partition coefficient (Wildman–Crippen LogP) is 2.52. The number of carbonyl (C=O) groups is 3. The van der Waals surface area contributed by atoms with E-state index in [4.69, 9.17) is 5.11 Å². The molecule has 6 nitrogen and oxygen atoms in total. The van der Waals surface area contributed by atoms with E-state index in [2.05, 4.69) is 0 Å². The fourth-order valence-corrected chi connectivity index (χ4v) is 3.93. The maximum atomic E-state index is 12.9. The molecule has 2 aliphatic heterocycles. The maximum Gasteiger partial charge on any atom is 0.416 e. The zero-order chi connectivity index (χ0) is 20.5. The van der Waals surface area contributed by atoms with Gasteiger partial charge in [0.25, 0.3) is 0 Å². The van der Waals surface area contributed by atoms with Crippen molar-refractivity contribution in [2.75, 3.05) is 13.1 Å². The van der Waals surface area contributed by atoms with Crippen molar-refractivity contribution in [3.8, 4) is 0 Å². The van der Waals surface area contributed by atoms with Gasteiger partial charge in [-0.1, -0.05) is 12.1 Å². The molecule has 0 aromatic heterocycles.